The second kappa shape index (κ2) is 23.6. The van der Waals surface area contributed by atoms with Crippen LogP contribution < -0.4 is 0 Å². The Morgan fingerprint density at radius 2 is 0.806 bits per heavy atom. The van der Waals surface area contributed by atoms with Gasteiger partial charge in [0.05, 0.1) is 6.26 Å². The predicted molar refractivity (Wildman–Crippen MR) is 143 cm³/mol. The zero-order valence-corrected chi connectivity index (χ0v) is 23.8. The first-order chi connectivity index (χ1) is 15.1. The van der Waals surface area contributed by atoms with Crippen LogP contribution in [0.5, 0.6) is 0 Å². The third-order valence-corrected chi connectivity index (χ3v) is 12.4. The second-order valence-electron chi connectivity index (χ2n) is 8.92. The van der Waals surface area contributed by atoms with E-state index in [4.69, 9.17) is 13.3 Å². The third kappa shape index (κ3) is 19.6. The predicted octanol–water partition coefficient (Wildman–Crippen LogP) is 8.08. The van der Waals surface area contributed by atoms with Gasteiger partial charge in [-0.05, 0) is 44.5 Å². The molecule has 0 N–H and O–H groups in total. The summed E-state index contributed by atoms with van der Waals surface area (Å²) >= 11 is 0. The lowest BCUT2D eigenvalue weighted by atomic mass is 10.0. The van der Waals surface area contributed by atoms with E-state index in [0.717, 1.165) is 5.38 Å². The summed E-state index contributed by atoms with van der Waals surface area (Å²) in [5.74, 6) is 1.29. The first kappa shape index (κ1) is 31.4. The zero-order valence-electron chi connectivity index (χ0n) is 22.0. The Morgan fingerprint density at radius 3 is 1.13 bits per heavy atom. The van der Waals surface area contributed by atoms with Gasteiger partial charge in [-0.15, -0.1) is 0 Å². The minimum absolute atomic E-state index is 0.325. The van der Waals surface area contributed by atoms with E-state index in [1.165, 1.54) is 108 Å². The molecule has 0 aromatic heterocycles. The van der Waals surface area contributed by atoms with E-state index in [9.17, 15) is 0 Å². The van der Waals surface area contributed by atoms with Crippen LogP contribution in [0.2, 0.25) is 0 Å². The van der Waals surface area contributed by atoms with Crippen molar-refractivity contribution >= 4 is 19.7 Å². The molecule has 0 aromatic rings. The minimum atomic E-state index is -2.46. The summed E-state index contributed by atoms with van der Waals surface area (Å²) in [5, 5.41) is 0.987. The van der Waals surface area contributed by atoms with Crippen molar-refractivity contribution in [2.24, 2.45) is 0 Å². The van der Waals surface area contributed by atoms with Gasteiger partial charge >= 0.3 is 8.80 Å². The molecule has 0 radical (unpaired) electrons. The van der Waals surface area contributed by atoms with Crippen molar-refractivity contribution in [3.05, 3.63) is 0 Å². The zero-order chi connectivity index (χ0) is 23.0. The van der Waals surface area contributed by atoms with E-state index < -0.39 is 8.80 Å². The highest BCUT2D eigenvalue weighted by Crippen LogP contribution is 2.17. The molecule has 0 rings (SSSR count). The van der Waals surface area contributed by atoms with Gasteiger partial charge in [0.15, 0.2) is 5.38 Å². The van der Waals surface area contributed by atoms with Crippen molar-refractivity contribution in [2.75, 3.05) is 37.2 Å². The fourth-order valence-corrected chi connectivity index (χ4v) is 10.4. The molecule has 188 valence electrons. The summed E-state index contributed by atoms with van der Waals surface area (Å²) in [7, 11) is -2.13. The van der Waals surface area contributed by atoms with Crippen LogP contribution in [-0.2, 0) is 24.2 Å². The molecule has 0 bridgehead atoms. The van der Waals surface area contributed by atoms with E-state index in [-0.39, 0.29) is 0 Å². The standard InChI is InChI=1S/C26H57O3SSi/c1-6-10-11-12-13-14-15-16-17-18-19-20-21-22-23-24-25-30(5)26-31(27-7-2,28-8-3)29-9-4/h6-26H2,1-5H3/q+1. The van der Waals surface area contributed by atoms with Gasteiger partial charge in [-0.1, -0.05) is 96.8 Å². The summed E-state index contributed by atoms with van der Waals surface area (Å²) in [6.07, 6.45) is 25.2. The Kier molecular flexibility index (Phi) is 23.9. The van der Waals surface area contributed by atoms with Crippen molar-refractivity contribution < 1.29 is 13.3 Å². The molecule has 31 heavy (non-hydrogen) atoms. The largest absolute Gasteiger partial charge is 0.553 e. The van der Waals surface area contributed by atoms with Crippen molar-refractivity contribution in [1.82, 2.24) is 0 Å². The maximum Gasteiger partial charge on any atom is 0.553 e. The fraction of sp³-hybridized carbons (Fsp3) is 1.00. The molecule has 0 aliphatic heterocycles. The molecule has 0 heterocycles. The van der Waals surface area contributed by atoms with Crippen LogP contribution in [0.3, 0.4) is 0 Å². The molecule has 0 amide bonds. The number of hydrogen-bond acceptors (Lipinski definition) is 3. The summed E-state index contributed by atoms with van der Waals surface area (Å²) in [6, 6.07) is 0. The average Bonchev–Trinajstić information content (AvgIpc) is 2.74. The maximum atomic E-state index is 6.02. The first-order valence-electron chi connectivity index (χ1n) is 13.6. The molecule has 0 aliphatic carbocycles. The number of hydrogen-bond donors (Lipinski definition) is 0. The van der Waals surface area contributed by atoms with E-state index in [1.54, 1.807) is 0 Å². The normalized spacial score (nSPS) is 13.1. The van der Waals surface area contributed by atoms with Gasteiger partial charge < -0.3 is 13.3 Å². The molecule has 5 heteroatoms. The molecule has 1 unspecified atom stereocenters. The lowest BCUT2D eigenvalue weighted by molar-refractivity contribution is 0.0771. The van der Waals surface area contributed by atoms with Crippen LogP contribution in [-0.4, -0.2) is 46.0 Å². The van der Waals surface area contributed by atoms with Crippen LogP contribution in [0.15, 0.2) is 0 Å². The fourth-order valence-electron chi connectivity index (χ4n) is 4.18. The Morgan fingerprint density at radius 1 is 0.484 bits per heavy atom. The quantitative estimate of drug-likeness (QED) is 0.0755. The Bertz CT molecular complexity index is 341. The lowest BCUT2D eigenvalue weighted by Crippen LogP contribution is -2.52. The van der Waals surface area contributed by atoms with E-state index in [1.807, 2.05) is 20.8 Å². The van der Waals surface area contributed by atoms with Crippen LogP contribution in [0.4, 0.5) is 0 Å². The molecule has 0 saturated heterocycles. The molecule has 0 fully saturated rings. The van der Waals surface area contributed by atoms with Gasteiger partial charge in [-0.25, -0.2) is 0 Å². The molecule has 0 saturated carbocycles. The smallest absolute Gasteiger partial charge is 0.371 e. The Labute approximate surface area is 200 Å². The molecule has 3 nitrogen and oxygen atoms in total. The Balaban J connectivity index is 3.57. The third-order valence-electron chi connectivity index (χ3n) is 5.86. The van der Waals surface area contributed by atoms with Gasteiger partial charge in [-0.3, -0.25) is 0 Å². The molecular formula is C26H57O3SSi+. The molecule has 0 spiro atoms. The van der Waals surface area contributed by atoms with Crippen molar-refractivity contribution in [2.45, 2.75) is 130 Å². The minimum Gasteiger partial charge on any atom is -0.371 e. The molecule has 0 aliphatic rings. The van der Waals surface area contributed by atoms with Gasteiger partial charge in [0.25, 0.3) is 0 Å². The highest BCUT2D eigenvalue weighted by molar-refractivity contribution is 7.97. The highest BCUT2D eigenvalue weighted by Gasteiger charge is 2.46. The topological polar surface area (TPSA) is 27.7 Å². The average molecular weight is 478 g/mol. The van der Waals surface area contributed by atoms with Gasteiger partial charge in [0, 0.05) is 19.8 Å². The second-order valence-corrected chi connectivity index (χ2v) is 14.3. The molecule has 1 atom stereocenters. The summed E-state index contributed by atoms with van der Waals surface area (Å²) in [4.78, 5) is 0. The monoisotopic (exact) mass is 477 g/mol. The van der Waals surface area contributed by atoms with Crippen molar-refractivity contribution in [1.29, 1.82) is 0 Å². The maximum absolute atomic E-state index is 6.02. The SMILES string of the molecule is CCCCCCCCCCCCCCCCCC[S+](C)C[Si](OCC)(OCC)OCC. The highest BCUT2D eigenvalue weighted by atomic mass is 32.2. The van der Waals surface area contributed by atoms with E-state index in [2.05, 4.69) is 13.2 Å². The van der Waals surface area contributed by atoms with Crippen LogP contribution >= 0.6 is 0 Å². The first-order valence-corrected chi connectivity index (χ1v) is 17.5. The Hall–Kier alpha value is 0.447. The van der Waals surface area contributed by atoms with E-state index in [0.29, 0.717) is 30.7 Å². The van der Waals surface area contributed by atoms with Gasteiger partial charge in [-0.2, -0.15) is 0 Å². The lowest BCUT2D eigenvalue weighted by Gasteiger charge is -2.26. The van der Waals surface area contributed by atoms with E-state index >= 15 is 0 Å². The molecule has 0 aromatic carbocycles. The summed E-state index contributed by atoms with van der Waals surface area (Å²) in [5.41, 5.74) is 0. The van der Waals surface area contributed by atoms with Crippen LogP contribution in [0.25, 0.3) is 0 Å². The summed E-state index contributed by atoms with van der Waals surface area (Å²) in [6.45, 7) is 10.5. The number of rotatable bonds is 25. The molecular weight excluding hydrogens is 420 g/mol. The van der Waals surface area contributed by atoms with Crippen molar-refractivity contribution in [3.8, 4) is 0 Å². The van der Waals surface area contributed by atoms with Gasteiger partial charge in [0.1, 0.15) is 5.75 Å². The van der Waals surface area contributed by atoms with Crippen LogP contribution in [0, 0.1) is 0 Å². The number of unbranched alkanes of at least 4 members (excludes halogenated alkanes) is 15. The van der Waals surface area contributed by atoms with Gasteiger partial charge in [0.2, 0.25) is 0 Å². The summed E-state index contributed by atoms with van der Waals surface area (Å²) < 4.78 is 18.0. The van der Waals surface area contributed by atoms with Crippen LogP contribution in [0.1, 0.15) is 130 Å². The van der Waals surface area contributed by atoms with Crippen molar-refractivity contribution in [3.63, 3.8) is 0 Å².